The van der Waals surface area contributed by atoms with Crippen molar-refractivity contribution in [2.45, 2.75) is 20.5 Å². The van der Waals surface area contributed by atoms with Gasteiger partial charge in [-0.05, 0) is 11.6 Å². The van der Waals surface area contributed by atoms with Crippen LogP contribution in [0.5, 0.6) is 5.75 Å². The average molecular weight is 279 g/mol. The van der Waals surface area contributed by atoms with E-state index in [0.717, 1.165) is 5.56 Å². The van der Waals surface area contributed by atoms with Gasteiger partial charge in [-0.15, -0.1) is 0 Å². The predicted molar refractivity (Wildman–Crippen MR) is 82.4 cm³/mol. The van der Waals surface area contributed by atoms with Crippen LogP contribution >= 0.6 is 11.6 Å². The number of hydrogen-bond donors (Lipinski definition) is 2. The molecule has 4 N–H and O–H groups in total. The van der Waals surface area contributed by atoms with Crippen LogP contribution in [0.1, 0.15) is 19.4 Å². The van der Waals surface area contributed by atoms with Crippen LogP contribution in [-0.2, 0) is 6.61 Å². The topological polar surface area (TPSA) is 61.3 Å². The lowest BCUT2D eigenvalue weighted by atomic mass is 10.2. The van der Waals surface area contributed by atoms with Crippen molar-refractivity contribution in [1.29, 1.82) is 0 Å². The second-order valence-electron chi connectivity index (χ2n) is 3.69. The summed E-state index contributed by atoms with van der Waals surface area (Å²) in [6.45, 7) is 4.45. The lowest BCUT2D eigenvalue weighted by Gasteiger charge is -2.10. The molecule has 3 nitrogen and oxygen atoms in total. The molecule has 0 aliphatic carbocycles. The first-order valence-corrected chi connectivity index (χ1v) is 6.56. The van der Waals surface area contributed by atoms with Gasteiger partial charge in [-0.25, -0.2) is 0 Å². The number of nitrogens with two attached hydrogens (primary N) is 2. The molecular formula is C15H19ClN2O. The van der Waals surface area contributed by atoms with E-state index in [4.69, 9.17) is 27.8 Å². The molecule has 0 amide bonds. The van der Waals surface area contributed by atoms with Gasteiger partial charge in [-0.1, -0.05) is 55.8 Å². The van der Waals surface area contributed by atoms with Crippen LogP contribution < -0.4 is 16.2 Å². The zero-order valence-corrected chi connectivity index (χ0v) is 11.9. The van der Waals surface area contributed by atoms with Gasteiger partial charge < -0.3 is 16.2 Å². The fraction of sp³-hybridized carbons (Fsp3) is 0.200. The normalized spacial score (nSPS) is 9.42. The predicted octanol–water partition coefficient (Wildman–Crippen LogP) is 4.11. The van der Waals surface area contributed by atoms with Crippen molar-refractivity contribution in [2.75, 3.05) is 11.5 Å². The number of benzene rings is 2. The molecule has 19 heavy (non-hydrogen) atoms. The first kappa shape index (κ1) is 15.2. The molecule has 0 aromatic heterocycles. The summed E-state index contributed by atoms with van der Waals surface area (Å²) in [6.07, 6.45) is 0. The first-order valence-electron chi connectivity index (χ1n) is 6.18. The van der Waals surface area contributed by atoms with E-state index in [9.17, 15) is 0 Å². The summed E-state index contributed by atoms with van der Waals surface area (Å²) >= 11 is 6.01. The molecule has 4 heteroatoms. The molecular weight excluding hydrogens is 260 g/mol. The number of rotatable bonds is 3. The standard InChI is InChI=1S/C13H13ClN2O.C2H6/c14-10-6-11(15)12(16)7-13(10)17-8-9-4-2-1-3-5-9;1-2/h1-7H,8,15-16H2;1-2H3. The van der Waals surface area contributed by atoms with Gasteiger partial charge in [0.05, 0.1) is 16.4 Å². The average Bonchev–Trinajstić information content (AvgIpc) is 2.45. The van der Waals surface area contributed by atoms with Gasteiger partial charge in [0.25, 0.3) is 0 Å². The molecule has 2 rings (SSSR count). The highest BCUT2D eigenvalue weighted by atomic mass is 35.5. The third-order valence-corrected chi connectivity index (χ3v) is 2.67. The lowest BCUT2D eigenvalue weighted by Crippen LogP contribution is -1.99. The summed E-state index contributed by atoms with van der Waals surface area (Å²) in [7, 11) is 0. The third-order valence-electron chi connectivity index (χ3n) is 2.37. The van der Waals surface area contributed by atoms with E-state index < -0.39 is 0 Å². The van der Waals surface area contributed by atoms with Crippen molar-refractivity contribution in [2.24, 2.45) is 0 Å². The molecule has 0 aliphatic rings. The van der Waals surface area contributed by atoms with E-state index in [1.165, 1.54) is 0 Å². The zero-order valence-electron chi connectivity index (χ0n) is 11.2. The van der Waals surface area contributed by atoms with Crippen LogP contribution in [0.2, 0.25) is 5.02 Å². The van der Waals surface area contributed by atoms with Gasteiger partial charge in [-0.2, -0.15) is 0 Å². The highest BCUT2D eigenvalue weighted by molar-refractivity contribution is 6.32. The Labute approximate surface area is 119 Å². The smallest absolute Gasteiger partial charge is 0.140 e. The number of halogens is 1. The van der Waals surface area contributed by atoms with E-state index in [1.807, 2.05) is 44.2 Å². The third kappa shape index (κ3) is 4.38. The van der Waals surface area contributed by atoms with Crippen molar-refractivity contribution >= 4 is 23.0 Å². The van der Waals surface area contributed by atoms with Crippen LogP contribution in [0, 0.1) is 0 Å². The second kappa shape index (κ2) is 7.54. The minimum atomic E-state index is 0.448. The zero-order chi connectivity index (χ0) is 14.3. The minimum Gasteiger partial charge on any atom is -0.487 e. The minimum absolute atomic E-state index is 0.448. The lowest BCUT2D eigenvalue weighted by molar-refractivity contribution is 0.306. The van der Waals surface area contributed by atoms with Gasteiger partial charge in [0.1, 0.15) is 12.4 Å². The molecule has 2 aromatic carbocycles. The van der Waals surface area contributed by atoms with Crippen LogP contribution in [0.3, 0.4) is 0 Å². The summed E-state index contributed by atoms with van der Waals surface area (Å²) in [5, 5.41) is 0.465. The maximum Gasteiger partial charge on any atom is 0.140 e. The number of hydrogen-bond acceptors (Lipinski definition) is 3. The molecule has 0 saturated carbocycles. The van der Waals surface area contributed by atoms with E-state index in [1.54, 1.807) is 12.1 Å². The van der Waals surface area contributed by atoms with Gasteiger partial charge in [0.15, 0.2) is 0 Å². The summed E-state index contributed by atoms with van der Waals surface area (Å²) in [5.74, 6) is 0.544. The Morgan fingerprint density at radius 3 is 2.21 bits per heavy atom. The van der Waals surface area contributed by atoms with Crippen LogP contribution in [0.25, 0.3) is 0 Å². The summed E-state index contributed by atoms with van der Waals surface area (Å²) in [6, 6.07) is 13.1. The molecule has 0 saturated heterocycles. The van der Waals surface area contributed by atoms with Crippen molar-refractivity contribution in [3.05, 3.63) is 53.1 Å². The molecule has 0 radical (unpaired) electrons. The largest absolute Gasteiger partial charge is 0.487 e. The Hall–Kier alpha value is -1.87. The summed E-state index contributed by atoms with van der Waals surface area (Å²) < 4.78 is 5.59. The van der Waals surface area contributed by atoms with Crippen molar-refractivity contribution < 1.29 is 4.74 Å². The number of ether oxygens (including phenoxy) is 1. The Morgan fingerprint density at radius 2 is 1.58 bits per heavy atom. The van der Waals surface area contributed by atoms with Crippen molar-refractivity contribution in [3.8, 4) is 5.75 Å². The maximum atomic E-state index is 6.01. The van der Waals surface area contributed by atoms with Crippen LogP contribution in [0.4, 0.5) is 11.4 Å². The summed E-state index contributed by atoms with van der Waals surface area (Å²) in [5.41, 5.74) is 13.3. The van der Waals surface area contributed by atoms with Crippen molar-refractivity contribution in [1.82, 2.24) is 0 Å². The fourth-order valence-electron chi connectivity index (χ4n) is 1.43. The maximum absolute atomic E-state index is 6.01. The molecule has 0 unspecified atom stereocenters. The Balaban J connectivity index is 0.000000861. The highest BCUT2D eigenvalue weighted by Gasteiger charge is 2.05. The van der Waals surface area contributed by atoms with Gasteiger partial charge >= 0.3 is 0 Å². The van der Waals surface area contributed by atoms with Gasteiger partial charge in [0.2, 0.25) is 0 Å². The van der Waals surface area contributed by atoms with Crippen LogP contribution in [-0.4, -0.2) is 0 Å². The highest BCUT2D eigenvalue weighted by Crippen LogP contribution is 2.31. The van der Waals surface area contributed by atoms with E-state index >= 15 is 0 Å². The molecule has 2 aromatic rings. The Bertz CT molecular complexity index is 515. The molecule has 0 atom stereocenters. The molecule has 0 aliphatic heterocycles. The molecule has 0 bridgehead atoms. The first-order chi connectivity index (χ1) is 9.16. The fourth-order valence-corrected chi connectivity index (χ4v) is 1.66. The Kier molecular flexibility index (Phi) is 6.03. The SMILES string of the molecule is CC.Nc1cc(Cl)c(OCc2ccccc2)cc1N. The van der Waals surface area contributed by atoms with Crippen molar-refractivity contribution in [3.63, 3.8) is 0 Å². The number of anilines is 2. The summed E-state index contributed by atoms with van der Waals surface area (Å²) in [4.78, 5) is 0. The van der Waals surface area contributed by atoms with E-state index in [2.05, 4.69) is 0 Å². The van der Waals surface area contributed by atoms with Gasteiger partial charge in [-0.3, -0.25) is 0 Å². The van der Waals surface area contributed by atoms with Gasteiger partial charge in [0, 0.05) is 6.07 Å². The molecule has 0 heterocycles. The van der Waals surface area contributed by atoms with Crippen LogP contribution in [0.15, 0.2) is 42.5 Å². The van der Waals surface area contributed by atoms with E-state index in [0.29, 0.717) is 28.8 Å². The Morgan fingerprint density at radius 1 is 1.00 bits per heavy atom. The molecule has 0 fully saturated rings. The monoisotopic (exact) mass is 278 g/mol. The quantitative estimate of drug-likeness (QED) is 0.831. The van der Waals surface area contributed by atoms with E-state index in [-0.39, 0.29) is 0 Å². The molecule has 102 valence electrons. The number of nitrogen functional groups attached to an aromatic ring is 2. The molecule has 0 spiro atoms. The second-order valence-corrected chi connectivity index (χ2v) is 4.09.